The third-order valence-electron chi connectivity index (χ3n) is 18.2. The smallest absolute Gasteiger partial charge is 0.407 e. The van der Waals surface area contributed by atoms with Crippen molar-refractivity contribution in [1.82, 2.24) is 42.5 Å². The Morgan fingerprint density at radius 1 is 0.648 bits per heavy atom. The number of ether oxygens (including phenoxy) is 1. The van der Waals surface area contributed by atoms with Crippen LogP contribution in [0.3, 0.4) is 0 Å². The Balaban J connectivity index is 1.15. The van der Waals surface area contributed by atoms with Gasteiger partial charge in [0.1, 0.15) is 41.6 Å². The maximum absolute atomic E-state index is 15.6. The number of unbranched alkanes of at least 4 members (excludes halogenated alkanes) is 1. The van der Waals surface area contributed by atoms with E-state index in [0.29, 0.717) is 42.7 Å². The van der Waals surface area contributed by atoms with Crippen molar-refractivity contribution in [3.05, 3.63) is 215 Å². The van der Waals surface area contributed by atoms with Crippen LogP contribution in [0.25, 0.3) is 5.57 Å². The monoisotopic (exact) mass is 1490 g/mol. The lowest BCUT2D eigenvalue weighted by atomic mass is 9.84. The molecule has 0 radical (unpaired) electrons. The van der Waals surface area contributed by atoms with E-state index in [9.17, 15) is 39.3 Å². The summed E-state index contributed by atoms with van der Waals surface area (Å²) in [5.74, 6) is -7.00. The predicted octanol–water partition coefficient (Wildman–Crippen LogP) is 8.99. The molecular formula is C81H100N8O13S3. The Hall–Kier alpha value is -8.78. The number of carbonyl (C=O) groups excluding carboxylic acids is 9. The Kier molecular flexibility index (Phi) is 31.7. The van der Waals surface area contributed by atoms with Crippen LogP contribution in [0.4, 0.5) is 4.79 Å². The molecule has 0 bridgehead atoms. The van der Waals surface area contributed by atoms with Crippen molar-refractivity contribution >= 4 is 92.0 Å². The van der Waals surface area contributed by atoms with Gasteiger partial charge in [0.05, 0.1) is 29.0 Å². The molecule has 0 saturated carbocycles. The summed E-state index contributed by atoms with van der Waals surface area (Å²) in [6.45, 7) is 10.0. The zero-order valence-corrected chi connectivity index (χ0v) is 62.9. The molecule has 2 aliphatic rings. The number of hydrogen-bond acceptors (Lipinski definition) is 17. The number of aliphatic hydroxyl groups excluding tert-OH is 2. The summed E-state index contributed by atoms with van der Waals surface area (Å²) in [6, 6.07) is 44.4. The maximum atomic E-state index is 15.6. The number of benzene rings is 6. The second-order valence-electron chi connectivity index (χ2n) is 27.6. The fraction of sp³-hybridized carbons (Fsp3) is 0.420. The number of thioether (sulfide) groups is 1. The minimum Gasteiger partial charge on any atom is -0.508 e. The highest BCUT2D eigenvalue weighted by Gasteiger charge is 2.40. The molecular weight excluding hydrogens is 1390 g/mol. The molecule has 1 saturated heterocycles. The zero-order valence-electron chi connectivity index (χ0n) is 60.5. The number of phenols is 1. The molecule has 1 fully saturated rings. The second-order valence-corrected chi connectivity index (χ2v) is 31.5. The van der Waals surface area contributed by atoms with Crippen molar-refractivity contribution in [3.8, 4) is 5.75 Å². The van der Waals surface area contributed by atoms with E-state index in [1.165, 1.54) is 26.0 Å². The van der Waals surface area contributed by atoms with Crippen molar-refractivity contribution in [2.45, 2.75) is 177 Å². The van der Waals surface area contributed by atoms with Gasteiger partial charge in [-0.15, -0.1) is 11.8 Å². The third kappa shape index (κ3) is 24.6. The van der Waals surface area contributed by atoms with Gasteiger partial charge in [0.2, 0.25) is 35.4 Å². The van der Waals surface area contributed by atoms with Crippen molar-refractivity contribution < 1.29 is 63.2 Å². The van der Waals surface area contributed by atoms with E-state index in [1.807, 2.05) is 115 Å². The van der Waals surface area contributed by atoms with Crippen LogP contribution in [0.2, 0.25) is 0 Å². The number of rotatable bonds is 29. The molecule has 0 spiro atoms. The number of Topliss-reactive ketones (excluding diaryl/α,β-unsaturated/α-hetero) is 2. The number of nitrogens with one attached hydrogen (secondary N) is 8. The Morgan fingerprint density at radius 3 is 1.85 bits per heavy atom. The Labute approximate surface area is 628 Å². The lowest BCUT2D eigenvalue weighted by Gasteiger charge is -2.35. The highest BCUT2D eigenvalue weighted by molar-refractivity contribution is 8.76. The lowest BCUT2D eigenvalue weighted by Crippen LogP contribution is -2.62. The largest absolute Gasteiger partial charge is 0.508 e. The van der Waals surface area contributed by atoms with Gasteiger partial charge in [-0.3, -0.25) is 38.4 Å². The lowest BCUT2D eigenvalue weighted by molar-refractivity contribution is -0.137. The fourth-order valence-corrected chi connectivity index (χ4v) is 16.6. The summed E-state index contributed by atoms with van der Waals surface area (Å²) in [4.78, 5) is 132. The van der Waals surface area contributed by atoms with Gasteiger partial charge in [0.15, 0.2) is 11.6 Å². The molecule has 1 aliphatic heterocycles. The molecule has 0 aromatic heterocycles. The standard InChI is InChI=1S/C81H100N8O13S3/c1-7-25-69(93)71(52(2)90)88-77(99)68-51-105-104-50-67(86-75(97)65(47-54-26-12-8-13-27-54)82-44-24-45-103-81(59-29-14-9-15-30-59,60-31-16-10-17-32-60)61-33-18-11-19-34-61)70(94)49-58(46-55-37-41-62(92)42-38-55)73(95)85-66(48-57-40-39-56-28-20-21-35-63(56)57)76(98)84-64(74(96)89-72(53(3)91)78(100)87-68)36-22-23-43-83-79(101)102-80(4,5)6/h8-21,26-35,37-38,40-42,52-53,58,64-68,71-72,82,90-92H,7,22-25,36,39,43-51H2,1-6H3,(H,83,101)(H,84,98)(H,85,95)(H,86,97)(H,87,100)(H,88,99)(H,89,96)/t52-,53-,58-,64+,65-,66-,67+,68+,71+,72+/m1/s1. The van der Waals surface area contributed by atoms with Crippen molar-refractivity contribution in [1.29, 1.82) is 0 Å². The SMILES string of the molecule is CCCC(=O)[C@@H](NC(=O)[C@@H]1CSSC[C@H](NC(=O)[C@@H](Cc2ccccc2)NCCCSC(c2ccccc2)(c2ccccc2)c2ccccc2)C(=O)C[C@@H](Cc2ccc(O)cc2)C(=O)N[C@H](CC2=CCc3ccccc32)C(=O)N[C@@H](CCCCNC(=O)OC(C)(C)C)C(=O)N[C@@H]([C@@H](C)O)C(=O)N1)[C@@H](C)O. The van der Waals surface area contributed by atoms with Gasteiger partial charge in [-0.25, -0.2) is 4.79 Å². The van der Waals surface area contributed by atoms with E-state index in [2.05, 4.69) is 78.9 Å². The summed E-state index contributed by atoms with van der Waals surface area (Å²) in [6.07, 6.45) is -0.200. The molecule has 1 aliphatic carbocycles. The van der Waals surface area contributed by atoms with Gasteiger partial charge < -0.3 is 62.6 Å². The first-order chi connectivity index (χ1) is 50.4. The summed E-state index contributed by atoms with van der Waals surface area (Å²) in [7, 11) is 2.10. The Bertz CT molecular complexity index is 3790. The molecule has 560 valence electrons. The number of amides is 7. The van der Waals surface area contributed by atoms with Crippen LogP contribution in [0, 0.1) is 5.92 Å². The number of allylic oxidation sites excluding steroid dienone is 1. The number of ketones is 2. The molecule has 105 heavy (non-hydrogen) atoms. The molecule has 0 unspecified atom stereocenters. The quantitative estimate of drug-likeness (QED) is 0.0119. The molecule has 1 heterocycles. The van der Waals surface area contributed by atoms with Crippen LogP contribution in [-0.4, -0.2) is 159 Å². The summed E-state index contributed by atoms with van der Waals surface area (Å²) >= 11 is 1.79. The van der Waals surface area contributed by atoms with E-state index in [-0.39, 0.29) is 68.7 Å². The minimum atomic E-state index is -1.77. The average molecular weight is 1490 g/mol. The second kappa shape index (κ2) is 40.6. The number of fused-ring (bicyclic) bond motifs is 1. The van der Waals surface area contributed by atoms with Gasteiger partial charge in [0, 0.05) is 43.2 Å². The molecule has 10 atom stereocenters. The first-order valence-corrected chi connectivity index (χ1v) is 39.5. The maximum Gasteiger partial charge on any atom is 0.407 e. The van der Waals surface area contributed by atoms with Crippen LogP contribution in [0.1, 0.15) is 132 Å². The van der Waals surface area contributed by atoms with Gasteiger partial charge in [-0.1, -0.05) is 192 Å². The number of carbonyl (C=O) groups is 9. The van der Waals surface area contributed by atoms with Crippen LogP contribution in [-0.2, 0) is 67.1 Å². The predicted molar refractivity (Wildman–Crippen MR) is 414 cm³/mol. The van der Waals surface area contributed by atoms with Crippen molar-refractivity contribution in [2.24, 2.45) is 5.92 Å². The number of hydrogen-bond donors (Lipinski definition) is 11. The first-order valence-electron chi connectivity index (χ1n) is 36.0. The minimum absolute atomic E-state index is 0.0103. The normalized spacial score (nSPS) is 19.8. The van der Waals surface area contributed by atoms with E-state index >= 15 is 19.2 Å². The van der Waals surface area contributed by atoms with E-state index < -0.39 is 130 Å². The van der Waals surface area contributed by atoms with Crippen molar-refractivity contribution in [2.75, 3.05) is 30.3 Å². The number of phenolic OH excluding ortho intramolecular Hbond substituents is 1. The van der Waals surface area contributed by atoms with Gasteiger partial charge in [-0.2, -0.15) is 0 Å². The highest BCUT2D eigenvalue weighted by Crippen LogP contribution is 2.48. The number of alkyl carbamates (subject to hydrolysis) is 1. The summed E-state index contributed by atoms with van der Waals surface area (Å²) in [5, 5.41) is 55.6. The van der Waals surface area contributed by atoms with Gasteiger partial charge in [0.25, 0.3) is 0 Å². The zero-order chi connectivity index (χ0) is 75.5. The van der Waals surface area contributed by atoms with E-state index in [0.717, 1.165) is 55.0 Å². The van der Waals surface area contributed by atoms with E-state index in [1.54, 1.807) is 51.6 Å². The van der Waals surface area contributed by atoms with Crippen LogP contribution < -0.4 is 42.5 Å². The molecule has 7 amide bonds. The van der Waals surface area contributed by atoms with Crippen LogP contribution >= 0.6 is 33.3 Å². The number of aromatic hydroxyl groups is 1. The Morgan fingerprint density at radius 2 is 1.24 bits per heavy atom. The topological polar surface area (TPSA) is 320 Å². The van der Waals surface area contributed by atoms with Gasteiger partial charge in [-0.05, 0) is 155 Å². The number of aliphatic hydroxyl groups is 2. The molecule has 24 heteroatoms. The van der Waals surface area contributed by atoms with Crippen molar-refractivity contribution in [3.63, 3.8) is 0 Å². The molecule has 8 rings (SSSR count). The van der Waals surface area contributed by atoms with Gasteiger partial charge >= 0.3 is 6.09 Å². The van der Waals surface area contributed by atoms with Crippen LogP contribution in [0.5, 0.6) is 5.75 Å². The fourth-order valence-electron chi connectivity index (χ4n) is 12.7. The molecule has 11 N–H and O–H groups in total. The molecule has 6 aromatic carbocycles. The average Bonchev–Trinajstić information content (AvgIpc) is 1.08. The third-order valence-corrected chi connectivity index (χ3v) is 22.2. The van der Waals surface area contributed by atoms with Crippen LogP contribution in [0.15, 0.2) is 176 Å². The molecule has 21 nitrogen and oxygen atoms in total. The molecule has 6 aromatic rings. The summed E-state index contributed by atoms with van der Waals surface area (Å²) < 4.78 is 4.80. The van der Waals surface area contributed by atoms with E-state index in [4.69, 9.17) is 4.74 Å². The first kappa shape index (κ1) is 81.9. The highest BCUT2D eigenvalue weighted by atomic mass is 33.1. The summed E-state index contributed by atoms with van der Waals surface area (Å²) in [5.41, 5.74) is 6.45.